The molecule has 0 radical (unpaired) electrons. The number of anilines is 1. The Bertz CT molecular complexity index is 722. The summed E-state index contributed by atoms with van der Waals surface area (Å²) in [5.41, 5.74) is 1.20. The van der Waals surface area contributed by atoms with Crippen molar-refractivity contribution >= 4 is 40.5 Å². The smallest absolute Gasteiger partial charge is 0.257 e. The SMILES string of the molecule is CCCCOc1cccc(C(=O)NC(=S)Nc2cccc(Cl)c2)c1. The number of carbonyl (C=O) groups excluding carboxylic acids is 1. The molecular formula is C18H19ClN2O2S. The van der Waals surface area contributed by atoms with Gasteiger partial charge in [-0.3, -0.25) is 10.1 Å². The van der Waals surface area contributed by atoms with Gasteiger partial charge in [0, 0.05) is 16.3 Å². The van der Waals surface area contributed by atoms with E-state index in [1.807, 2.05) is 12.1 Å². The fourth-order valence-electron chi connectivity index (χ4n) is 1.97. The molecule has 2 aromatic carbocycles. The number of ether oxygens (including phenoxy) is 1. The fourth-order valence-corrected chi connectivity index (χ4v) is 2.37. The van der Waals surface area contributed by atoms with Gasteiger partial charge in [-0.2, -0.15) is 0 Å². The van der Waals surface area contributed by atoms with Gasteiger partial charge in [-0.1, -0.05) is 37.1 Å². The Hall–Kier alpha value is -2.11. The maximum absolute atomic E-state index is 12.3. The van der Waals surface area contributed by atoms with E-state index in [-0.39, 0.29) is 11.0 Å². The number of nitrogens with one attached hydrogen (secondary N) is 2. The molecule has 2 N–H and O–H groups in total. The molecule has 1 amide bonds. The maximum atomic E-state index is 12.3. The Balaban J connectivity index is 1.93. The van der Waals surface area contributed by atoms with E-state index in [1.54, 1.807) is 36.4 Å². The molecule has 0 heterocycles. The van der Waals surface area contributed by atoms with Crippen LogP contribution in [-0.2, 0) is 0 Å². The minimum atomic E-state index is -0.296. The lowest BCUT2D eigenvalue weighted by molar-refractivity contribution is 0.0977. The van der Waals surface area contributed by atoms with Crippen molar-refractivity contribution in [3.05, 3.63) is 59.1 Å². The Morgan fingerprint density at radius 2 is 2.00 bits per heavy atom. The zero-order valence-corrected chi connectivity index (χ0v) is 14.9. The van der Waals surface area contributed by atoms with Gasteiger partial charge in [0.25, 0.3) is 5.91 Å². The first kappa shape index (κ1) is 18.2. The molecule has 4 nitrogen and oxygen atoms in total. The molecule has 0 saturated heterocycles. The topological polar surface area (TPSA) is 50.4 Å². The van der Waals surface area contributed by atoms with Crippen LogP contribution >= 0.6 is 23.8 Å². The van der Waals surface area contributed by atoms with Crippen LogP contribution in [0.25, 0.3) is 0 Å². The highest BCUT2D eigenvalue weighted by molar-refractivity contribution is 7.80. The van der Waals surface area contributed by atoms with Crippen LogP contribution in [0.5, 0.6) is 5.75 Å². The standard InChI is InChI=1S/C18H19ClN2O2S/c1-2-3-10-23-16-9-4-6-13(11-16)17(22)21-18(24)20-15-8-5-7-14(19)12-15/h4-9,11-12H,2-3,10H2,1H3,(H2,20,21,22,24). The van der Waals surface area contributed by atoms with Gasteiger partial charge in [0.05, 0.1) is 6.61 Å². The van der Waals surface area contributed by atoms with E-state index in [9.17, 15) is 4.79 Å². The zero-order chi connectivity index (χ0) is 17.4. The summed E-state index contributed by atoms with van der Waals surface area (Å²) in [4.78, 5) is 12.3. The van der Waals surface area contributed by atoms with Crippen LogP contribution in [0.15, 0.2) is 48.5 Å². The van der Waals surface area contributed by atoms with Gasteiger partial charge in [0.1, 0.15) is 5.75 Å². The van der Waals surface area contributed by atoms with E-state index in [2.05, 4.69) is 17.6 Å². The second-order valence-corrected chi connectivity index (χ2v) is 5.99. The van der Waals surface area contributed by atoms with E-state index in [1.165, 1.54) is 0 Å². The van der Waals surface area contributed by atoms with Crippen molar-refractivity contribution in [1.29, 1.82) is 0 Å². The Morgan fingerprint density at radius 3 is 2.75 bits per heavy atom. The first-order valence-corrected chi connectivity index (χ1v) is 8.48. The minimum Gasteiger partial charge on any atom is -0.494 e. The predicted molar refractivity (Wildman–Crippen MR) is 102 cm³/mol. The van der Waals surface area contributed by atoms with Crippen molar-refractivity contribution < 1.29 is 9.53 Å². The number of hydrogen-bond donors (Lipinski definition) is 2. The third-order valence-electron chi connectivity index (χ3n) is 3.17. The highest BCUT2D eigenvalue weighted by Gasteiger charge is 2.09. The number of carbonyl (C=O) groups is 1. The highest BCUT2D eigenvalue weighted by Crippen LogP contribution is 2.16. The number of unbranched alkanes of at least 4 members (excludes halogenated alkanes) is 1. The largest absolute Gasteiger partial charge is 0.494 e. The summed E-state index contributed by atoms with van der Waals surface area (Å²) >= 11 is 11.1. The Labute approximate surface area is 152 Å². The summed E-state index contributed by atoms with van der Waals surface area (Å²) in [6.07, 6.45) is 2.04. The van der Waals surface area contributed by atoms with Crippen molar-refractivity contribution in [3.63, 3.8) is 0 Å². The zero-order valence-electron chi connectivity index (χ0n) is 13.3. The average molecular weight is 363 g/mol. The molecule has 24 heavy (non-hydrogen) atoms. The van der Waals surface area contributed by atoms with E-state index in [0.717, 1.165) is 12.8 Å². The molecule has 2 rings (SSSR count). The predicted octanol–water partition coefficient (Wildman–Crippen LogP) is 4.65. The average Bonchev–Trinajstić information content (AvgIpc) is 2.55. The van der Waals surface area contributed by atoms with E-state index < -0.39 is 0 Å². The summed E-state index contributed by atoms with van der Waals surface area (Å²) in [5, 5.41) is 6.36. The molecule has 0 saturated carbocycles. The highest BCUT2D eigenvalue weighted by atomic mass is 35.5. The molecule has 6 heteroatoms. The minimum absolute atomic E-state index is 0.208. The molecule has 0 atom stereocenters. The van der Waals surface area contributed by atoms with Crippen molar-refractivity contribution in [1.82, 2.24) is 5.32 Å². The van der Waals surface area contributed by atoms with Gasteiger partial charge < -0.3 is 10.1 Å². The van der Waals surface area contributed by atoms with Crippen LogP contribution in [0.4, 0.5) is 5.69 Å². The quantitative estimate of drug-likeness (QED) is 0.580. The molecule has 0 aromatic heterocycles. The molecule has 0 spiro atoms. The number of benzene rings is 2. The van der Waals surface area contributed by atoms with Crippen LogP contribution in [-0.4, -0.2) is 17.6 Å². The first-order valence-electron chi connectivity index (χ1n) is 7.69. The van der Waals surface area contributed by atoms with E-state index in [4.69, 9.17) is 28.6 Å². The van der Waals surface area contributed by atoms with E-state index in [0.29, 0.717) is 28.6 Å². The van der Waals surface area contributed by atoms with Crippen LogP contribution in [0.1, 0.15) is 30.1 Å². The number of halogens is 1. The molecule has 0 bridgehead atoms. The lowest BCUT2D eigenvalue weighted by atomic mass is 10.2. The third-order valence-corrected chi connectivity index (χ3v) is 3.61. The van der Waals surface area contributed by atoms with Crippen LogP contribution in [0.3, 0.4) is 0 Å². The molecule has 2 aromatic rings. The summed E-state index contributed by atoms with van der Waals surface area (Å²) in [6.45, 7) is 2.73. The lowest BCUT2D eigenvalue weighted by Gasteiger charge is -2.11. The molecule has 0 unspecified atom stereocenters. The van der Waals surface area contributed by atoms with Crippen LogP contribution in [0, 0.1) is 0 Å². The fraction of sp³-hybridized carbons (Fsp3) is 0.222. The summed E-state index contributed by atoms with van der Waals surface area (Å²) in [5.74, 6) is 0.375. The van der Waals surface area contributed by atoms with Gasteiger partial charge in [-0.15, -0.1) is 0 Å². The summed E-state index contributed by atoms with van der Waals surface area (Å²) in [6, 6.07) is 14.1. The number of thiocarbonyl (C=S) groups is 1. The molecule has 0 fully saturated rings. The van der Waals surface area contributed by atoms with Crippen LogP contribution in [0.2, 0.25) is 5.02 Å². The normalized spacial score (nSPS) is 10.1. The van der Waals surface area contributed by atoms with Gasteiger partial charge in [0.15, 0.2) is 5.11 Å². The number of rotatable bonds is 6. The second kappa shape index (κ2) is 9.25. The van der Waals surface area contributed by atoms with Crippen molar-refractivity contribution in [2.45, 2.75) is 19.8 Å². The first-order chi connectivity index (χ1) is 11.6. The van der Waals surface area contributed by atoms with Gasteiger partial charge in [-0.25, -0.2) is 0 Å². The monoisotopic (exact) mass is 362 g/mol. The maximum Gasteiger partial charge on any atom is 0.257 e. The van der Waals surface area contributed by atoms with Gasteiger partial charge >= 0.3 is 0 Å². The molecule has 0 aliphatic rings. The van der Waals surface area contributed by atoms with Crippen molar-refractivity contribution in [3.8, 4) is 5.75 Å². The summed E-state index contributed by atoms with van der Waals surface area (Å²) in [7, 11) is 0. The Morgan fingerprint density at radius 1 is 1.21 bits per heavy atom. The Kier molecular flexibility index (Phi) is 7.03. The van der Waals surface area contributed by atoms with Crippen molar-refractivity contribution in [2.24, 2.45) is 0 Å². The van der Waals surface area contributed by atoms with E-state index >= 15 is 0 Å². The van der Waals surface area contributed by atoms with Gasteiger partial charge in [0.2, 0.25) is 0 Å². The lowest BCUT2D eigenvalue weighted by Crippen LogP contribution is -2.34. The van der Waals surface area contributed by atoms with Crippen LogP contribution < -0.4 is 15.4 Å². The third kappa shape index (κ3) is 5.83. The van der Waals surface area contributed by atoms with Crippen molar-refractivity contribution in [2.75, 3.05) is 11.9 Å². The molecular weight excluding hydrogens is 344 g/mol. The molecule has 126 valence electrons. The number of hydrogen-bond acceptors (Lipinski definition) is 3. The molecule has 0 aliphatic heterocycles. The molecule has 0 aliphatic carbocycles. The summed E-state index contributed by atoms with van der Waals surface area (Å²) < 4.78 is 5.61. The number of amides is 1. The second-order valence-electron chi connectivity index (χ2n) is 5.15. The van der Waals surface area contributed by atoms with Gasteiger partial charge in [-0.05, 0) is 55.0 Å².